The Labute approximate surface area is 88.3 Å². The highest BCUT2D eigenvalue weighted by Gasteiger charge is 2.06. The van der Waals surface area contributed by atoms with Crippen LogP contribution in [-0.4, -0.2) is 16.6 Å². The van der Waals surface area contributed by atoms with E-state index in [-0.39, 0.29) is 5.78 Å². The Morgan fingerprint density at radius 2 is 2.36 bits per heavy atom. The summed E-state index contributed by atoms with van der Waals surface area (Å²) in [6, 6.07) is 3.60. The van der Waals surface area contributed by atoms with Crippen LogP contribution < -0.4 is 5.73 Å². The van der Waals surface area contributed by atoms with Gasteiger partial charge in [-0.25, -0.2) is 4.98 Å². The van der Waals surface area contributed by atoms with Gasteiger partial charge in [0.15, 0.2) is 0 Å². The van der Waals surface area contributed by atoms with E-state index in [1.807, 2.05) is 6.07 Å². The summed E-state index contributed by atoms with van der Waals surface area (Å²) in [4.78, 5) is 15.3. The summed E-state index contributed by atoms with van der Waals surface area (Å²) in [7, 11) is 0. The van der Waals surface area contributed by atoms with Gasteiger partial charge in [-0.1, -0.05) is 6.07 Å². The zero-order chi connectivity index (χ0) is 10.4. The molecule has 1 heterocycles. The van der Waals surface area contributed by atoms with Crippen molar-refractivity contribution in [3.8, 4) is 0 Å². The van der Waals surface area contributed by atoms with Gasteiger partial charge in [0.1, 0.15) is 11.6 Å². The first-order chi connectivity index (χ1) is 6.74. The van der Waals surface area contributed by atoms with Crippen LogP contribution in [0.25, 0.3) is 0 Å². The summed E-state index contributed by atoms with van der Waals surface area (Å²) < 4.78 is 0. The van der Waals surface area contributed by atoms with Crippen LogP contribution in [0, 0.1) is 0 Å². The summed E-state index contributed by atoms with van der Waals surface area (Å²) in [6.07, 6.45) is 3.21. The van der Waals surface area contributed by atoms with E-state index in [0.29, 0.717) is 24.5 Å². The number of carbonyl (C=O) groups excluding carboxylic acids is 1. The minimum Gasteiger partial charge on any atom is -0.383 e. The number of anilines is 1. The average Bonchev–Trinajstić information content (AvgIpc) is 2.18. The van der Waals surface area contributed by atoms with Crippen molar-refractivity contribution in [1.29, 1.82) is 0 Å². The van der Waals surface area contributed by atoms with Gasteiger partial charge in [0, 0.05) is 30.5 Å². The molecule has 0 radical (unpaired) electrons. The second kappa shape index (κ2) is 5.60. The number of rotatable bonds is 5. The Morgan fingerprint density at radius 3 is 3.00 bits per heavy atom. The van der Waals surface area contributed by atoms with Crippen LogP contribution in [0.15, 0.2) is 18.3 Å². The third-order valence-electron chi connectivity index (χ3n) is 1.90. The van der Waals surface area contributed by atoms with E-state index >= 15 is 0 Å². The van der Waals surface area contributed by atoms with E-state index in [2.05, 4.69) is 4.98 Å². The summed E-state index contributed by atoms with van der Waals surface area (Å²) in [5.74, 6) is 1.12. The molecule has 0 aliphatic carbocycles. The molecule has 14 heavy (non-hydrogen) atoms. The number of nitrogens with two attached hydrogens (primary N) is 1. The van der Waals surface area contributed by atoms with Crippen molar-refractivity contribution in [3.05, 3.63) is 23.9 Å². The lowest BCUT2D eigenvalue weighted by atomic mass is 10.1. The first-order valence-electron chi connectivity index (χ1n) is 4.51. The maximum Gasteiger partial charge on any atom is 0.137 e. The molecule has 0 amide bonds. The van der Waals surface area contributed by atoms with Gasteiger partial charge in [0.25, 0.3) is 0 Å². The molecular weight excluding hydrogens is 200 g/mol. The number of nitrogen functional groups attached to an aromatic ring is 1. The molecule has 2 N–H and O–H groups in total. The molecule has 0 saturated carbocycles. The molecule has 0 saturated heterocycles. The van der Waals surface area contributed by atoms with Crippen LogP contribution in [0.2, 0.25) is 0 Å². The Bertz CT molecular complexity index is 315. The molecule has 0 spiro atoms. The highest BCUT2D eigenvalue weighted by molar-refractivity contribution is 6.17. The summed E-state index contributed by atoms with van der Waals surface area (Å²) >= 11 is 5.49. The number of ketones is 1. The minimum absolute atomic E-state index is 0.158. The molecule has 1 rings (SSSR count). The Kier molecular flexibility index (Phi) is 4.40. The van der Waals surface area contributed by atoms with Crippen LogP contribution in [0.4, 0.5) is 5.82 Å². The van der Waals surface area contributed by atoms with Gasteiger partial charge in [-0.15, -0.1) is 11.6 Å². The fourth-order valence-corrected chi connectivity index (χ4v) is 1.30. The molecule has 0 fully saturated rings. The van der Waals surface area contributed by atoms with Gasteiger partial charge < -0.3 is 5.73 Å². The Hall–Kier alpha value is -1.09. The van der Waals surface area contributed by atoms with Crippen LogP contribution in [-0.2, 0) is 11.2 Å². The van der Waals surface area contributed by atoms with Crippen molar-refractivity contribution in [2.24, 2.45) is 0 Å². The second-order valence-electron chi connectivity index (χ2n) is 3.06. The van der Waals surface area contributed by atoms with E-state index < -0.39 is 0 Å². The molecule has 4 heteroatoms. The number of aromatic nitrogens is 1. The SMILES string of the molecule is Nc1ncccc1CC(=O)CCCCl. The molecule has 76 valence electrons. The fraction of sp³-hybridized carbons (Fsp3) is 0.400. The minimum atomic E-state index is 0.158. The van der Waals surface area contributed by atoms with Gasteiger partial charge in [-0.3, -0.25) is 4.79 Å². The highest BCUT2D eigenvalue weighted by atomic mass is 35.5. The van der Waals surface area contributed by atoms with Gasteiger partial charge in [0.05, 0.1) is 0 Å². The average molecular weight is 213 g/mol. The lowest BCUT2D eigenvalue weighted by Gasteiger charge is -2.02. The molecule has 1 aromatic heterocycles. The lowest BCUT2D eigenvalue weighted by Crippen LogP contribution is -2.06. The molecule has 0 unspecified atom stereocenters. The number of carbonyl (C=O) groups is 1. The van der Waals surface area contributed by atoms with E-state index in [9.17, 15) is 4.79 Å². The van der Waals surface area contributed by atoms with Crippen molar-refractivity contribution < 1.29 is 4.79 Å². The van der Waals surface area contributed by atoms with Crippen LogP contribution in [0.3, 0.4) is 0 Å². The standard InChI is InChI=1S/C10H13ClN2O/c11-5-1-4-9(14)7-8-3-2-6-13-10(8)12/h2-3,6H,1,4-5,7H2,(H2,12,13). The molecular formula is C10H13ClN2O. The maximum absolute atomic E-state index is 11.4. The molecule has 3 nitrogen and oxygen atoms in total. The predicted molar refractivity (Wildman–Crippen MR) is 57.3 cm³/mol. The van der Waals surface area contributed by atoms with Crippen LogP contribution >= 0.6 is 11.6 Å². The van der Waals surface area contributed by atoms with Gasteiger partial charge in [0.2, 0.25) is 0 Å². The quantitative estimate of drug-likeness (QED) is 0.758. The monoisotopic (exact) mass is 212 g/mol. The second-order valence-corrected chi connectivity index (χ2v) is 3.43. The predicted octanol–water partition coefficient (Wildman–Crippen LogP) is 1.79. The summed E-state index contributed by atoms with van der Waals surface area (Å²) in [5.41, 5.74) is 6.41. The first kappa shape index (κ1) is 11.0. The maximum atomic E-state index is 11.4. The normalized spacial score (nSPS) is 10.1. The van der Waals surface area contributed by atoms with E-state index in [1.165, 1.54) is 0 Å². The first-order valence-corrected chi connectivity index (χ1v) is 5.04. The number of halogens is 1. The van der Waals surface area contributed by atoms with E-state index in [0.717, 1.165) is 12.0 Å². The molecule has 0 aromatic carbocycles. The van der Waals surface area contributed by atoms with Gasteiger partial charge in [-0.2, -0.15) is 0 Å². The Morgan fingerprint density at radius 1 is 1.57 bits per heavy atom. The number of alkyl halides is 1. The van der Waals surface area contributed by atoms with Gasteiger partial charge in [-0.05, 0) is 12.5 Å². The molecule has 0 aliphatic rings. The molecule has 0 aliphatic heterocycles. The zero-order valence-corrected chi connectivity index (χ0v) is 8.63. The van der Waals surface area contributed by atoms with Crippen molar-refractivity contribution in [3.63, 3.8) is 0 Å². The number of hydrogen-bond acceptors (Lipinski definition) is 3. The third-order valence-corrected chi connectivity index (χ3v) is 2.17. The number of Topliss-reactive ketones (excluding diaryl/α,β-unsaturated/α-hetero) is 1. The molecule has 1 aromatic rings. The van der Waals surface area contributed by atoms with Crippen molar-refractivity contribution in [1.82, 2.24) is 4.98 Å². The number of hydrogen-bond donors (Lipinski definition) is 1. The fourth-order valence-electron chi connectivity index (χ4n) is 1.17. The van der Waals surface area contributed by atoms with Crippen LogP contribution in [0.1, 0.15) is 18.4 Å². The van der Waals surface area contributed by atoms with E-state index in [4.69, 9.17) is 17.3 Å². The van der Waals surface area contributed by atoms with Crippen molar-refractivity contribution >= 4 is 23.2 Å². The molecule has 0 atom stereocenters. The van der Waals surface area contributed by atoms with Gasteiger partial charge >= 0.3 is 0 Å². The summed E-state index contributed by atoms with van der Waals surface area (Å²) in [5, 5.41) is 0. The third kappa shape index (κ3) is 3.34. The number of pyridine rings is 1. The van der Waals surface area contributed by atoms with E-state index in [1.54, 1.807) is 12.3 Å². The topological polar surface area (TPSA) is 56.0 Å². The lowest BCUT2D eigenvalue weighted by molar-refractivity contribution is -0.118. The largest absolute Gasteiger partial charge is 0.383 e. The smallest absolute Gasteiger partial charge is 0.137 e. The highest BCUT2D eigenvalue weighted by Crippen LogP contribution is 2.09. The van der Waals surface area contributed by atoms with Crippen LogP contribution in [0.5, 0.6) is 0 Å². The zero-order valence-electron chi connectivity index (χ0n) is 7.87. The van der Waals surface area contributed by atoms with Crippen molar-refractivity contribution in [2.45, 2.75) is 19.3 Å². The molecule has 0 bridgehead atoms. The summed E-state index contributed by atoms with van der Waals surface area (Å²) in [6.45, 7) is 0. The Balaban J connectivity index is 2.52. The van der Waals surface area contributed by atoms with Crippen molar-refractivity contribution in [2.75, 3.05) is 11.6 Å². The number of nitrogens with zero attached hydrogens (tertiary/aromatic N) is 1.